The summed E-state index contributed by atoms with van der Waals surface area (Å²) in [7, 11) is 1.72. The Morgan fingerprint density at radius 1 is 1.08 bits per heavy atom. The molecule has 0 spiro atoms. The summed E-state index contributed by atoms with van der Waals surface area (Å²) in [5.74, 6) is -0.0890. The van der Waals surface area contributed by atoms with Gasteiger partial charge in [-0.15, -0.1) is 0 Å². The van der Waals surface area contributed by atoms with Crippen LogP contribution in [0.1, 0.15) is 44.6 Å². The number of carbonyl (C=O) groups is 2. The van der Waals surface area contributed by atoms with Gasteiger partial charge in [-0.05, 0) is 43.7 Å². The lowest BCUT2D eigenvalue weighted by molar-refractivity contribution is -0.893. The quantitative estimate of drug-likeness (QED) is 0.820. The molecular formula is C20H32N3O2+. The Labute approximate surface area is 151 Å². The van der Waals surface area contributed by atoms with E-state index in [-0.39, 0.29) is 18.4 Å². The molecule has 0 aliphatic carbocycles. The van der Waals surface area contributed by atoms with E-state index in [4.69, 9.17) is 0 Å². The summed E-state index contributed by atoms with van der Waals surface area (Å²) in [6, 6.07) is 7.80. The van der Waals surface area contributed by atoms with Gasteiger partial charge in [-0.2, -0.15) is 0 Å². The summed E-state index contributed by atoms with van der Waals surface area (Å²) in [6.07, 6.45) is 7.12. The number of rotatable bonds is 6. The predicted molar refractivity (Wildman–Crippen MR) is 101 cm³/mol. The van der Waals surface area contributed by atoms with Gasteiger partial charge in [0, 0.05) is 12.7 Å². The van der Waals surface area contributed by atoms with Gasteiger partial charge < -0.3 is 15.1 Å². The molecule has 5 heteroatoms. The molecule has 5 nitrogen and oxygen atoms in total. The fourth-order valence-corrected chi connectivity index (χ4v) is 3.37. The van der Waals surface area contributed by atoms with Crippen molar-refractivity contribution in [3.8, 4) is 0 Å². The highest BCUT2D eigenvalue weighted by atomic mass is 16.2. The standard InChI is InChI=1S/C20H31N3O2/c1-3-17-11-7-8-12-18(17)21-19(24)15-22(2)20(25)16-23-13-9-5-4-6-10-14-23/h7-8,11-12H,3-6,9-10,13-16H2,1-2H3,(H,21,24)/p+1. The average molecular weight is 346 g/mol. The van der Waals surface area contributed by atoms with Crippen LogP contribution in [0.4, 0.5) is 5.69 Å². The monoisotopic (exact) mass is 346 g/mol. The molecule has 1 aliphatic rings. The fraction of sp³-hybridized carbons (Fsp3) is 0.600. The van der Waals surface area contributed by atoms with Crippen LogP contribution in [0.5, 0.6) is 0 Å². The van der Waals surface area contributed by atoms with Gasteiger partial charge in [0.1, 0.15) is 0 Å². The van der Waals surface area contributed by atoms with Gasteiger partial charge in [-0.3, -0.25) is 9.59 Å². The molecular weight excluding hydrogens is 314 g/mol. The van der Waals surface area contributed by atoms with Crippen molar-refractivity contribution in [2.45, 2.75) is 45.4 Å². The van der Waals surface area contributed by atoms with Crippen molar-refractivity contribution in [2.24, 2.45) is 0 Å². The molecule has 2 rings (SSSR count). The number of benzene rings is 1. The summed E-state index contributed by atoms with van der Waals surface area (Å²) in [5.41, 5.74) is 1.94. The van der Waals surface area contributed by atoms with Gasteiger partial charge in [0.15, 0.2) is 6.54 Å². The first-order chi connectivity index (χ1) is 12.1. The first-order valence-electron chi connectivity index (χ1n) is 9.55. The van der Waals surface area contributed by atoms with E-state index in [0.717, 1.165) is 30.8 Å². The molecule has 1 aromatic rings. The number of quaternary nitrogens is 1. The molecule has 0 saturated carbocycles. The highest BCUT2D eigenvalue weighted by Gasteiger charge is 2.20. The van der Waals surface area contributed by atoms with Gasteiger partial charge >= 0.3 is 0 Å². The second-order valence-corrected chi connectivity index (χ2v) is 7.00. The number of hydrogen-bond donors (Lipinski definition) is 2. The number of hydrogen-bond acceptors (Lipinski definition) is 2. The predicted octanol–water partition coefficient (Wildman–Crippen LogP) is 1.49. The molecule has 1 heterocycles. The average Bonchev–Trinajstić information content (AvgIpc) is 2.57. The first-order valence-corrected chi connectivity index (χ1v) is 9.55. The first kappa shape index (κ1) is 19.4. The topological polar surface area (TPSA) is 53.9 Å². The van der Waals surface area contributed by atoms with Gasteiger partial charge in [-0.1, -0.05) is 31.5 Å². The Balaban J connectivity index is 1.82. The number of nitrogens with zero attached hydrogens (tertiary/aromatic N) is 1. The molecule has 1 fully saturated rings. The van der Waals surface area contributed by atoms with Crippen molar-refractivity contribution in [2.75, 3.05) is 38.5 Å². The summed E-state index contributed by atoms with van der Waals surface area (Å²) in [5, 5.41) is 2.93. The lowest BCUT2D eigenvalue weighted by atomic mass is 10.1. The van der Waals surface area contributed by atoms with Crippen molar-refractivity contribution in [3.63, 3.8) is 0 Å². The summed E-state index contributed by atoms with van der Waals surface area (Å²) in [4.78, 5) is 27.6. The molecule has 0 bridgehead atoms. The molecule has 0 atom stereocenters. The molecule has 2 N–H and O–H groups in total. The largest absolute Gasteiger partial charge is 0.332 e. The van der Waals surface area contributed by atoms with Crippen molar-refractivity contribution in [3.05, 3.63) is 29.8 Å². The molecule has 1 aromatic carbocycles. The number of anilines is 1. The third-order valence-electron chi connectivity index (χ3n) is 4.94. The molecule has 1 saturated heterocycles. The SMILES string of the molecule is CCc1ccccc1NC(=O)CN(C)C(=O)C[NH+]1CCCCCCC1. The minimum Gasteiger partial charge on any atom is -0.332 e. The van der Waals surface area contributed by atoms with Crippen molar-refractivity contribution in [1.29, 1.82) is 0 Å². The Kier molecular flexibility index (Phi) is 7.92. The van der Waals surface area contributed by atoms with E-state index < -0.39 is 0 Å². The Morgan fingerprint density at radius 3 is 2.40 bits per heavy atom. The van der Waals surface area contributed by atoms with E-state index in [2.05, 4.69) is 12.2 Å². The lowest BCUT2D eigenvalue weighted by Crippen LogP contribution is -3.13. The molecule has 138 valence electrons. The maximum atomic E-state index is 12.4. The van der Waals surface area contributed by atoms with Crippen molar-refractivity contribution >= 4 is 17.5 Å². The number of aryl methyl sites for hydroxylation is 1. The van der Waals surface area contributed by atoms with Crippen molar-refractivity contribution in [1.82, 2.24) is 4.90 Å². The minimum absolute atomic E-state index is 0.0505. The third kappa shape index (κ3) is 6.50. The number of likely N-dealkylation sites (N-methyl/N-ethyl adjacent to an activating group) is 1. The molecule has 0 aromatic heterocycles. The van der Waals surface area contributed by atoms with Gasteiger partial charge in [0.2, 0.25) is 5.91 Å². The second-order valence-electron chi connectivity index (χ2n) is 7.00. The number of para-hydroxylation sites is 1. The molecule has 0 unspecified atom stereocenters. The normalized spacial score (nSPS) is 15.9. The van der Waals surface area contributed by atoms with E-state index in [9.17, 15) is 9.59 Å². The van der Waals surface area contributed by atoms with Crippen LogP contribution in [0.2, 0.25) is 0 Å². The maximum absolute atomic E-state index is 12.4. The molecule has 25 heavy (non-hydrogen) atoms. The lowest BCUT2D eigenvalue weighted by Gasteiger charge is -2.24. The van der Waals surface area contributed by atoms with E-state index in [1.807, 2.05) is 24.3 Å². The summed E-state index contributed by atoms with van der Waals surface area (Å²) < 4.78 is 0. The van der Waals surface area contributed by atoms with E-state index in [1.165, 1.54) is 37.0 Å². The van der Waals surface area contributed by atoms with Crippen LogP contribution in [0.25, 0.3) is 0 Å². The zero-order valence-corrected chi connectivity index (χ0v) is 15.6. The van der Waals surface area contributed by atoms with Crippen LogP contribution in [0, 0.1) is 0 Å². The minimum atomic E-state index is -0.139. The highest BCUT2D eigenvalue weighted by molar-refractivity contribution is 5.95. The van der Waals surface area contributed by atoms with Crippen LogP contribution in [0.3, 0.4) is 0 Å². The maximum Gasteiger partial charge on any atom is 0.277 e. The van der Waals surface area contributed by atoms with Gasteiger partial charge in [0.05, 0.1) is 19.6 Å². The Hall–Kier alpha value is -1.88. The van der Waals surface area contributed by atoms with Crippen LogP contribution in [0.15, 0.2) is 24.3 Å². The highest BCUT2D eigenvalue weighted by Crippen LogP contribution is 2.15. The van der Waals surface area contributed by atoms with Crippen molar-refractivity contribution < 1.29 is 14.5 Å². The number of likely N-dealkylation sites (tertiary alicyclic amines) is 1. The summed E-state index contributed by atoms with van der Waals surface area (Å²) >= 11 is 0. The smallest absolute Gasteiger partial charge is 0.277 e. The number of nitrogens with one attached hydrogen (secondary N) is 2. The summed E-state index contributed by atoms with van der Waals surface area (Å²) in [6.45, 7) is 4.79. The number of amides is 2. The molecule has 0 radical (unpaired) electrons. The number of carbonyl (C=O) groups excluding carboxylic acids is 2. The second kappa shape index (κ2) is 10.2. The van der Waals surface area contributed by atoms with Crippen LogP contribution in [-0.4, -0.2) is 49.9 Å². The molecule has 2 amide bonds. The zero-order valence-electron chi connectivity index (χ0n) is 15.6. The van der Waals surface area contributed by atoms with Gasteiger partial charge in [-0.25, -0.2) is 0 Å². The van der Waals surface area contributed by atoms with E-state index >= 15 is 0 Å². The van der Waals surface area contributed by atoms with Crippen LogP contribution >= 0.6 is 0 Å². The molecule has 1 aliphatic heterocycles. The Morgan fingerprint density at radius 2 is 1.72 bits per heavy atom. The van der Waals surface area contributed by atoms with Gasteiger partial charge in [0.25, 0.3) is 5.91 Å². The van der Waals surface area contributed by atoms with E-state index in [0.29, 0.717) is 6.54 Å². The van der Waals surface area contributed by atoms with Crippen LogP contribution < -0.4 is 10.2 Å². The van der Waals surface area contributed by atoms with E-state index in [1.54, 1.807) is 11.9 Å². The third-order valence-corrected chi connectivity index (χ3v) is 4.94. The Bertz CT molecular complexity index is 566. The van der Waals surface area contributed by atoms with Crippen LogP contribution in [-0.2, 0) is 16.0 Å². The fourth-order valence-electron chi connectivity index (χ4n) is 3.37. The zero-order chi connectivity index (χ0) is 18.1.